The average Bonchev–Trinajstić information content (AvgIpc) is 2.33. The molecule has 2 aromatic rings. The molecule has 1 amide bonds. The first-order valence-electron chi connectivity index (χ1n) is 5.04. The monoisotopic (exact) mass is 248 g/mol. The number of para-hydroxylation sites is 1. The quantitative estimate of drug-likeness (QED) is 0.888. The van der Waals surface area contributed by atoms with Gasteiger partial charge < -0.3 is 5.32 Å². The van der Waals surface area contributed by atoms with Crippen molar-refractivity contribution in [3.8, 4) is 0 Å². The minimum absolute atomic E-state index is 0. The van der Waals surface area contributed by atoms with Gasteiger partial charge in [0.15, 0.2) is 0 Å². The maximum Gasteiger partial charge on any atom is 0.255 e. The van der Waals surface area contributed by atoms with Crippen molar-refractivity contribution >= 4 is 24.0 Å². The maximum atomic E-state index is 11.8. The Bertz CT molecular complexity index is 500. The normalized spacial score (nSPS) is 9.24. The number of nitrogens with one attached hydrogen (secondary N) is 1. The number of pyridine rings is 1. The van der Waals surface area contributed by atoms with Crippen LogP contribution in [0.5, 0.6) is 0 Å². The molecule has 0 aliphatic rings. The summed E-state index contributed by atoms with van der Waals surface area (Å²) in [5.74, 6) is -0.114. The minimum Gasteiger partial charge on any atom is -0.322 e. The molecule has 1 N–H and O–H groups in total. The number of carbonyl (C=O) groups excluding carboxylic acids is 1. The molecule has 0 radical (unpaired) electrons. The number of amides is 1. The van der Waals surface area contributed by atoms with Crippen LogP contribution in [0.3, 0.4) is 0 Å². The molecule has 0 spiro atoms. The van der Waals surface area contributed by atoms with Crippen LogP contribution in [0.15, 0.2) is 48.8 Å². The van der Waals surface area contributed by atoms with E-state index in [9.17, 15) is 4.79 Å². The Hall–Kier alpha value is -1.87. The zero-order valence-corrected chi connectivity index (χ0v) is 10.2. The minimum atomic E-state index is -0.114. The van der Waals surface area contributed by atoms with E-state index in [-0.39, 0.29) is 18.3 Å². The number of benzene rings is 1. The van der Waals surface area contributed by atoms with Crippen molar-refractivity contribution in [3.63, 3.8) is 0 Å². The second-order valence-electron chi connectivity index (χ2n) is 3.50. The van der Waals surface area contributed by atoms with Gasteiger partial charge in [-0.2, -0.15) is 0 Å². The Labute approximate surface area is 106 Å². The first kappa shape index (κ1) is 13.2. The van der Waals surface area contributed by atoms with Crippen LogP contribution in [0.2, 0.25) is 0 Å². The zero-order chi connectivity index (χ0) is 11.4. The van der Waals surface area contributed by atoms with Gasteiger partial charge in [-0.3, -0.25) is 9.78 Å². The Balaban J connectivity index is 0.00000144. The molecule has 0 saturated heterocycles. The van der Waals surface area contributed by atoms with Crippen LogP contribution in [-0.2, 0) is 0 Å². The van der Waals surface area contributed by atoms with Gasteiger partial charge in [0.25, 0.3) is 5.91 Å². The van der Waals surface area contributed by atoms with Gasteiger partial charge in [-0.1, -0.05) is 18.2 Å². The van der Waals surface area contributed by atoms with Crippen molar-refractivity contribution in [1.82, 2.24) is 4.98 Å². The van der Waals surface area contributed by atoms with E-state index in [1.54, 1.807) is 24.5 Å². The third-order valence-electron chi connectivity index (χ3n) is 2.34. The fourth-order valence-corrected chi connectivity index (χ4v) is 1.41. The maximum absolute atomic E-state index is 11.8. The van der Waals surface area contributed by atoms with Crippen molar-refractivity contribution in [2.45, 2.75) is 6.92 Å². The average molecular weight is 249 g/mol. The van der Waals surface area contributed by atoms with Gasteiger partial charge in [0, 0.05) is 23.6 Å². The first-order chi connectivity index (χ1) is 7.77. The lowest BCUT2D eigenvalue weighted by Crippen LogP contribution is -2.12. The molecule has 0 fully saturated rings. The second-order valence-corrected chi connectivity index (χ2v) is 3.50. The molecule has 1 heterocycles. The summed E-state index contributed by atoms with van der Waals surface area (Å²) in [7, 11) is 0. The molecular weight excluding hydrogens is 236 g/mol. The van der Waals surface area contributed by atoms with Crippen LogP contribution in [0.25, 0.3) is 0 Å². The summed E-state index contributed by atoms with van der Waals surface area (Å²) in [5.41, 5.74) is 2.49. The van der Waals surface area contributed by atoms with Crippen LogP contribution in [0.4, 0.5) is 5.69 Å². The predicted octanol–water partition coefficient (Wildman–Crippen LogP) is 3.06. The lowest BCUT2D eigenvalue weighted by atomic mass is 10.2. The van der Waals surface area contributed by atoms with Crippen LogP contribution in [-0.4, -0.2) is 10.9 Å². The number of hydrogen-bond donors (Lipinski definition) is 1. The van der Waals surface area contributed by atoms with E-state index in [2.05, 4.69) is 10.3 Å². The number of nitrogens with zero attached hydrogens (tertiary/aromatic N) is 1. The molecule has 0 aliphatic carbocycles. The molecule has 4 heteroatoms. The number of hydrogen-bond acceptors (Lipinski definition) is 2. The van der Waals surface area contributed by atoms with Gasteiger partial charge in [0.2, 0.25) is 0 Å². The van der Waals surface area contributed by atoms with E-state index < -0.39 is 0 Å². The second kappa shape index (κ2) is 6.01. The molecule has 1 aromatic carbocycles. The van der Waals surface area contributed by atoms with Crippen LogP contribution >= 0.6 is 12.4 Å². The van der Waals surface area contributed by atoms with E-state index in [0.717, 1.165) is 11.3 Å². The van der Waals surface area contributed by atoms with Crippen LogP contribution in [0, 0.1) is 6.92 Å². The fraction of sp³-hybridized carbons (Fsp3) is 0.0769. The summed E-state index contributed by atoms with van der Waals surface area (Å²) >= 11 is 0. The van der Waals surface area contributed by atoms with Crippen molar-refractivity contribution in [2.75, 3.05) is 5.32 Å². The molecule has 88 valence electrons. The molecular formula is C13H13ClN2O. The Morgan fingerprint density at radius 2 is 1.76 bits per heavy atom. The van der Waals surface area contributed by atoms with E-state index in [1.807, 2.05) is 31.2 Å². The van der Waals surface area contributed by atoms with Crippen LogP contribution in [0.1, 0.15) is 15.9 Å². The summed E-state index contributed by atoms with van der Waals surface area (Å²) in [5, 5.41) is 2.86. The predicted molar refractivity (Wildman–Crippen MR) is 70.6 cm³/mol. The summed E-state index contributed by atoms with van der Waals surface area (Å²) in [4.78, 5) is 15.7. The van der Waals surface area contributed by atoms with E-state index >= 15 is 0 Å². The van der Waals surface area contributed by atoms with Crippen molar-refractivity contribution in [2.24, 2.45) is 0 Å². The molecule has 17 heavy (non-hydrogen) atoms. The Kier molecular flexibility index (Phi) is 4.67. The standard InChI is InChI=1S/C13H12N2O.ClH/c1-10-4-2-3-5-12(10)15-13(16)11-6-8-14-9-7-11;/h2-9H,1H3,(H,15,16);1H. The lowest BCUT2D eigenvalue weighted by Gasteiger charge is -2.07. The third-order valence-corrected chi connectivity index (χ3v) is 2.34. The van der Waals surface area contributed by atoms with Gasteiger partial charge in [-0.15, -0.1) is 12.4 Å². The molecule has 0 unspecified atom stereocenters. The summed E-state index contributed by atoms with van der Waals surface area (Å²) in [6.07, 6.45) is 3.21. The highest BCUT2D eigenvalue weighted by Crippen LogP contribution is 2.14. The third kappa shape index (κ3) is 3.29. The van der Waals surface area contributed by atoms with Gasteiger partial charge in [0.05, 0.1) is 0 Å². The zero-order valence-electron chi connectivity index (χ0n) is 9.38. The number of carbonyl (C=O) groups is 1. The lowest BCUT2D eigenvalue weighted by molar-refractivity contribution is 0.102. The largest absolute Gasteiger partial charge is 0.322 e. The Morgan fingerprint density at radius 3 is 2.41 bits per heavy atom. The summed E-state index contributed by atoms with van der Waals surface area (Å²) in [6, 6.07) is 11.1. The smallest absolute Gasteiger partial charge is 0.255 e. The van der Waals surface area contributed by atoms with Gasteiger partial charge in [-0.05, 0) is 30.7 Å². The highest BCUT2D eigenvalue weighted by Gasteiger charge is 2.05. The summed E-state index contributed by atoms with van der Waals surface area (Å²) < 4.78 is 0. The topological polar surface area (TPSA) is 42.0 Å². The molecule has 3 nitrogen and oxygen atoms in total. The first-order valence-corrected chi connectivity index (χ1v) is 5.04. The number of anilines is 1. The van der Waals surface area contributed by atoms with Crippen molar-refractivity contribution in [1.29, 1.82) is 0 Å². The highest BCUT2D eigenvalue weighted by molar-refractivity contribution is 6.04. The number of aromatic nitrogens is 1. The van der Waals surface area contributed by atoms with Crippen molar-refractivity contribution in [3.05, 3.63) is 59.9 Å². The Morgan fingerprint density at radius 1 is 1.12 bits per heavy atom. The van der Waals surface area contributed by atoms with E-state index in [1.165, 1.54) is 0 Å². The SMILES string of the molecule is Cc1ccccc1NC(=O)c1ccncc1.Cl. The number of halogens is 1. The van der Waals surface area contributed by atoms with E-state index in [0.29, 0.717) is 5.56 Å². The van der Waals surface area contributed by atoms with Gasteiger partial charge in [0.1, 0.15) is 0 Å². The molecule has 0 aliphatic heterocycles. The summed E-state index contributed by atoms with van der Waals surface area (Å²) in [6.45, 7) is 1.96. The molecule has 0 saturated carbocycles. The molecule has 0 atom stereocenters. The molecule has 1 aromatic heterocycles. The van der Waals surface area contributed by atoms with Gasteiger partial charge >= 0.3 is 0 Å². The fourth-order valence-electron chi connectivity index (χ4n) is 1.41. The van der Waals surface area contributed by atoms with Crippen molar-refractivity contribution < 1.29 is 4.79 Å². The molecule has 0 bridgehead atoms. The highest BCUT2D eigenvalue weighted by atomic mass is 35.5. The number of aryl methyl sites for hydroxylation is 1. The number of rotatable bonds is 2. The van der Waals surface area contributed by atoms with Crippen LogP contribution < -0.4 is 5.32 Å². The van der Waals surface area contributed by atoms with E-state index in [4.69, 9.17) is 0 Å². The molecule has 2 rings (SSSR count). The van der Waals surface area contributed by atoms with Gasteiger partial charge in [-0.25, -0.2) is 0 Å².